The average molecular weight is 812 g/mol. The zero-order chi connectivity index (χ0) is 39.8. The van der Waals surface area contributed by atoms with Gasteiger partial charge >= 0.3 is 17.3 Å². The van der Waals surface area contributed by atoms with Crippen LogP contribution in [0.25, 0.3) is 11.0 Å². The molecule has 0 radical (unpaired) electrons. The van der Waals surface area contributed by atoms with E-state index >= 15 is 0 Å². The van der Waals surface area contributed by atoms with Crippen molar-refractivity contribution >= 4 is 62.7 Å². The number of ether oxygens (including phenoxy) is 1. The molecule has 15 nitrogen and oxygen atoms in total. The first kappa shape index (κ1) is 42.4. The van der Waals surface area contributed by atoms with Crippen LogP contribution in [0.15, 0.2) is 34.4 Å². The Bertz CT molecular complexity index is 2110. The lowest BCUT2D eigenvalue weighted by molar-refractivity contribution is 0.0511. The molecule has 0 aromatic carbocycles. The molecule has 1 aliphatic rings. The number of nitrogens with one attached hydrogen (secondary N) is 1. The molecule has 3 N–H and O–H groups in total. The van der Waals surface area contributed by atoms with Crippen LogP contribution in [0.3, 0.4) is 0 Å². The lowest BCUT2D eigenvalue weighted by Gasteiger charge is -2.39. The summed E-state index contributed by atoms with van der Waals surface area (Å²) < 4.78 is 23.4. The second kappa shape index (κ2) is 15.8. The minimum absolute atomic E-state index is 0.0156. The van der Waals surface area contributed by atoms with E-state index in [0.29, 0.717) is 29.8 Å². The summed E-state index contributed by atoms with van der Waals surface area (Å²) in [4.78, 5) is 58.8. The first-order valence-electron chi connectivity index (χ1n) is 17.5. The van der Waals surface area contributed by atoms with E-state index < -0.39 is 34.4 Å². The largest absolute Gasteiger partial charge is 0.461 e. The maximum absolute atomic E-state index is 13.0. The van der Waals surface area contributed by atoms with Crippen LogP contribution in [0.4, 0.5) is 0 Å². The number of aromatic nitrogens is 6. The van der Waals surface area contributed by atoms with E-state index in [9.17, 15) is 19.2 Å². The summed E-state index contributed by atoms with van der Waals surface area (Å²) in [6.45, 7) is 24.3. The summed E-state index contributed by atoms with van der Waals surface area (Å²) in [7, 11) is -4.15. The van der Waals surface area contributed by atoms with Gasteiger partial charge in [0.05, 0.1) is 67.7 Å². The second-order valence-corrected chi connectivity index (χ2v) is 26.4. The van der Waals surface area contributed by atoms with Crippen molar-refractivity contribution in [2.75, 3.05) is 19.7 Å². The molecule has 4 aromatic heterocycles. The van der Waals surface area contributed by atoms with E-state index in [2.05, 4.69) is 83.0 Å². The minimum Gasteiger partial charge on any atom is -0.461 e. The number of carbonyl (C=O) groups excluding carboxylic acids is 2. The Balaban J connectivity index is 0.000000238. The molecule has 5 heterocycles. The Labute approximate surface area is 321 Å². The fraction of sp³-hybridized carbons (Fsp3) is 0.588. The van der Waals surface area contributed by atoms with Crippen LogP contribution in [-0.4, -0.2) is 88.3 Å². The Kier molecular flexibility index (Phi) is 12.6. The van der Waals surface area contributed by atoms with Gasteiger partial charge in [-0.3, -0.25) is 22.7 Å². The molecule has 1 amide bonds. The van der Waals surface area contributed by atoms with Crippen molar-refractivity contribution in [2.45, 2.75) is 110 Å². The second-order valence-electron chi connectivity index (χ2n) is 16.1. The van der Waals surface area contributed by atoms with Gasteiger partial charge in [0.2, 0.25) is 0 Å². The molecule has 2 atom stereocenters. The zero-order valence-electron chi connectivity index (χ0n) is 32.4. The smallest absolute Gasteiger partial charge is 0.357 e. The molecule has 0 bridgehead atoms. The van der Waals surface area contributed by atoms with E-state index in [1.54, 1.807) is 6.92 Å². The van der Waals surface area contributed by atoms with Crippen molar-refractivity contribution in [3.63, 3.8) is 0 Å². The van der Waals surface area contributed by atoms with Gasteiger partial charge in [0, 0.05) is 13.1 Å². The fourth-order valence-electron chi connectivity index (χ4n) is 5.36. The number of nitrogens with zero attached hydrogens (tertiary/aromatic N) is 6. The normalized spacial score (nSPS) is 16.1. The molecule has 0 saturated heterocycles. The predicted octanol–water partition coefficient (Wildman–Crippen LogP) is 4.96. The van der Waals surface area contributed by atoms with Gasteiger partial charge in [0.15, 0.2) is 22.3 Å². The third kappa shape index (κ3) is 8.98. The quantitative estimate of drug-likeness (QED) is 0.174. The summed E-state index contributed by atoms with van der Waals surface area (Å²) in [5.41, 5.74) is 6.42. The third-order valence-corrected chi connectivity index (χ3v) is 19.7. The summed E-state index contributed by atoms with van der Waals surface area (Å²) >= 11 is 11.8. The number of hydrogen-bond acceptors (Lipinski definition) is 10. The maximum atomic E-state index is 13.0. The van der Waals surface area contributed by atoms with Gasteiger partial charge < -0.3 is 24.6 Å². The number of esters is 1. The van der Waals surface area contributed by atoms with Crippen molar-refractivity contribution in [2.24, 2.45) is 5.73 Å². The van der Waals surface area contributed by atoms with Crippen molar-refractivity contribution in [3.8, 4) is 0 Å². The molecule has 4 aromatic rings. The van der Waals surface area contributed by atoms with Crippen LogP contribution in [0.5, 0.6) is 0 Å². The van der Waals surface area contributed by atoms with Crippen molar-refractivity contribution in [1.82, 2.24) is 33.2 Å². The highest BCUT2D eigenvalue weighted by Crippen LogP contribution is 2.38. The number of fused-ring (bicyclic) bond motifs is 4. The van der Waals surface area contributed by atoms with Gasteiger partial charge in [-0.05, 0) is 43.2 Å². The topological polar surface area (TPSA) is 178 Å². The number of carbonyl (C=O) groups is 2. The number of nitrogens with two attached hydrogens (primary N) is 1. The van der Waals surface area contributed by atoms with Gasteiger partial charge in [-0.1, -0.05) is 64.7 Å². The number of halogens is 2. The molecular formula is C34H52Cl2N8O7Si2. The molecule has 2 unspecified atom stereocenters. The maximum Gasteiger partial charge on any atom is 0.357 e. The average Bonchev–Trinajstić information content (AvgIpc) is 3.39. The van der Waals surface area contributed by atoms with E-state index in [-0.39, 0.29) is 63.5 Å². The summed E-state index contributed by atoms with van der Waals surface area (Å²) in [5.74, 6) is -0.903. The predicted molar refractivity (Wildman–Crippen MR) is 210 cm³/mol. The number of hydrogen-bond donors (Lipinski definition) is 2. The van der Waals surface area contributed by atoms with Gasteiger partial charge in [-0.2, -0.15) is 0 Å². The van der Waals surface area contributed by atoms with Crippen LogP contribution in [0.1, 0.15) is 69.4 Å². The summed E-state index contributed by atoms with van der Waals surface area (Å²) in [6, 6.07) is 0. The number of rotatable bonds is 9. The van der Waals surface area contributed by atoms with E-state index in [0.717, 1.165) is 0 Å². The van der Waals surface area contributed by atoms with Crippen molar-refractivity contribution < 1.29 is 23.2 Å². The van der Waals surface area contributed by atoms with E-state index in [1.807, 2.05) is 0 Å². The molecule has 0 spiro atoms. The number of imidazole rings is 2. The van der Waals surface area contributed by atoms with E-state index in [4.69, 9.17) is 42.5 Å². The third-order valence-electron chi connectivity index (χ3n) is 10.3. The van der Waals surface area contributed by atoms with E-state index in [1.165, 1.54) is 42.7 Å². The fourth-order valence-corrected chi connectivity index (χ4v) is 8.36. The lowest BCUT2D eigenvalue weighted by Crippen LogP contribution is -2.47. The van der Waals surface area contributed by atoms with Crippen molar-refractivity contribution in [3.05, 3.63) is 67.5 Å². The standard InChI is InChI=1S/C18H29ClN4O4Si.C16H23ClN4O3Si/c1-7-26-16(24)15-13-9-21-14(19)11-22(13)17(25)23(15)10-12(8-20)27-28(5,6)18(2,3)4;1-16(2,3)25(4,5)24-10-6-19-14(22)13-11-7-18-12(17)9-20(11)15(23)21(13)8-10/h9,11-12H,7-8,10,20H2,1-6H3;7,9-10H,6,8H2,1-5H3,(H,19,22). The van der Waals surface area contributed by atoms with Crippen LogP contribution < -0.4 is 22.4 Å². The summed E-state index contributed by atoms with van der Waals surface area (Å²) in [6.07, 6.45) is 4.96. The van der Waals surface area contributed by atoms with Gasteiger partial charge in [-0.25, -0.2) is 24.4 Å². The molecule has 0 aliphatic carbocycles. The van der Waals surface area contributed by atoms with Crippen molar-refractivity contribution in [1.29, 1.82) is 0 Å². The van der Waals surface area contributed by atoms with Crippen LogP contribution >= 0.6 is 23.2 Å². The first-order chi connectivity index (χ1) is 24.4. The van der Waals surface area contributed by atoms with Gasteiger partial charge in [0.25, 0.3) is 5.91 Å². The Morgan fingerprint density at radius 2 is 1.49 bits per heavy atom. The molecular weight excluding hydrogens is 760 g/mol. The Morgan fingerprint density at radius 1 is 0.943 bits per heavy atom. The zero-order valence-corrected chi connectivity index (χ0v) is 35.9. The molecule has 1 aliphatic heterocycles. The molecule has 53 heavy (non-hydrogen) atoms. The SMILES string of the molecule is CC(C)(C)[Si](C)(C)OC1CNC(=O)c2c3cnc(Cl)cn3c(=O)n2C1.CCOC(=O)c1c2cnc(Cl)cn2c(=O)n1CC(CN)O[Si](C)(C)C(C)(C)C. The van der Waals surface area contributed by atoms with Gasteiger partial charge in [0.1, 0.15) is 16.0 Å². The molecule has 5 rings (SSSR count). The molecule has 292 valence electrons. The van der Waals surface area contributed by atoms with Crippen LogP contribution in [0.2, 0.25) is 46.6 Å². The highest BCUT2D eigenvalue weighted by atomic mass is 35.5. The van der Waals surface area contributed by atoms with Crippen LogP contribution in [0, 0.1) is 0 Å². The monoisotopic (exact) mass is 810 g/mol. The lowest BCUT2D eigenvalue weighted by atomic mass is 10.2. The summed E-state index contributed by atoms with van der Waals surface area (Å²) in [5, 5.41) is 3.24. The van der Waals surface area contributed by atoms with Crippen LogP contribution in [-0.2, 0) is 26.7 Å². The molecule has 0 fully saturated rings. The molecule has 0 saturated carbocycles. The first-order valence-corrected chi connectivity index (χ1v) is 24.0. The van der Waals surface area contributed by atoms with Gasteiger partial charge in [-0.15, -0.1) is 0 Å². The highest BCUT2D eigenvalue weighted by molar-refractivity contribution is 6.74. The minimum atomic E-state index is -2.12. The number of amides is 1. The Morgan fingerprint density at radius 3 is 2.02 bits per heavy atom. The highest BCUT2D eigenvalue weighted by Gasteiger charge is 2.41. The molecule has 19 heteroatoms. The Hall–Kier alpha value is -3.33.